The van der Waals surface area contributed by atoms with Crippen molar-refractivity contribution in [3.8, 4) is 0 Å². The van der Waals surface area contributed by atoms with Gasteiger partial charge in [0.2, 0.25) is 5.91 Å². The van der Waals surface area contributed by atoms with Crippen molar-refractivity contribution in [3.63, 3.8) is 0 Å². The van der Waals surface area contributed by atoms with Crippen LogP contribution in [0.1, 0.15) is 16.7 Å². The van der Waals surface area contributed by atoms with Gasteiger partial charge in [-0.15, -0.1) is 0 Å². The van der Waals surface area contributed by atoms with E-state index in [0.29, 0.717) is 13.1 Å². The Morgan fingerprint density at radius 1 is 1.00 bits per heavy atom. The number of anilines is 1. The zero-order valence-corrected chi connectivity index (χ0v) is 11.9. The number of benzene rings is 2. The van der Waals surface area contributed by atoms with Crippen LogP contribution >= 0.6 is 0 Å². The Morgan fingerprint density at radius 2 is 1.75 bits per heavy atom. The third-order valence-corrected chi connectivity index (χ3v) is 3.34. The summed E-state index contributed by atoms with van der Waals surface area (Å²) in [6.45, 7) is 5.06. The van der Waals surface area contributed by atoms with Crippen molar-refractivity contribution in [1.82, 2.24) is 5.32 Å². The summed E-state index contributed by atoms with van der Waals surface area (Å²) < 4.78 is 0. The van der Waals surface area contributed by atoms with Gasteiger partial charge in [0.05, 0.1) is 6.54 Å². The lowest BCUT2D eigenvalue weighted by Gasteiger charge is -2.11. The molecule has 0 atom stereocenters. The van der Waals surface area contributed by atoms with E-state index in [0.717, 1.165) is 11.3 Å². The number of hydrogen-bond acceptors (Lipinski definition) is 2. The number of aryl methyl sites for hydroxylation is 1. The second-order valence-electron chi connectivity index (χ2n) is 4.88. The first kappa shape index (κ1) is 14.3. The van der Waals surface area contributed by atoms with Gasteiger partial charge in [0, 0.05) is 12.2 Å². The highest BCUT2D eigenvalue weighted by Crippen LogP contribution is 2.17. The molecule has 0 spiro atoms. The quantitative estimate of drug-likeness (QED) is 0.875. The molecule has 3 heteroatoms. The van der Waals surface area contributed by atoms with E-state index in [1.54, 1.807) is 0 Å². The number of nitrogens with one attached hydrogen (secondary N) is 2. The molecule has 0 aliphatic carbocycles. The molecule has 20 heavy (non-hydrogen) atoms. The van der Waals surface area contributed by atoms with Gasteiger partial charge in [-0.1, -0.05) is 42.5 Å². The van der Waals surface area contributed by atoms with Crippen molar-refractivity contribution < 1.29 is 4.79 Å². The number of carbonyl (C=O) groups is 1. The third-order valence-electron chi connectivity index (χ3n) is 3.34. The maximum Gasteiger partial charge on any atom is 0.238 e. The predicted octanol–water partition coefficient (Wildman–Crippen LogP) is 3.03. The van der Waals surface area contributed by atoms with Crippen molar-refractivity contribution in [2.75, 3.05) is 11.9 Å². The fraction of sp³-hybridized carbons (Fsp3) is 0.235. The fourth-order valence-corrected chi connectivity index (χ4v) is 2.00. The summed E-state index contributed by atoms with van der Waals surface area (Å²) >= 11 is 0. The number of rotatable bonds is 5. The van der Waals surface area contributed by atoms with Crippen LogP contribution in [0.15, 0.2) is 48.5 Å². The molecule has 0 saturated carbocycles. The minimum Gasteiger partial charge on any atom is -0.325 e. The maximum atomic E-state index is 11.9. The topological polar surface area (TPSA) is 41.1 Å². The van der Waals surface area contributed by atoms with Crippen LogP contribution in [0.25, 0.3) is 0 Å². The Labute approximate surface area is 120 Å². The highest BCUT2D eigenvalue weighted by Gasteiger charge is 2.05. The molecule has 1 amide bonds. The zero-order valence-electron chi connectivity index (χ0n) is 11.9. The fourth-order valence-electron chi connectivity index (χ4n) is 2.00. The summed E-state index contributed by atoms with van der Waals surface area (Å²) in [7, 11) is 0. The number of carbonyl (C=O) groups excluding carboxylic acids is 1. The highest BCUT2D eigenvalue weighted by molar-refractivity contribution is 5.93. The summed E-state index contributed by atoms with van der Waals surface area (Å²) in [5.74, 6) is -0.0189. The summed E-state index contributed by atoms with van der Waals surface area (Å²) in [5, 5.41) is 6.08. The molecular formula is C17H20N2O. The van der Waals surface area contributed by atoms with Crippen molar-refractivity contribution in [2.45, 2.75) is 20.4 Å². The SMILES string of the molecule is Cc1cccc(NC(=O)CNCc2ccccc2)c1C. The average molecular weight is 268 g/mol. The normalized spacial score (nSPS) is 10.3. The van der Waals surface area contributed by atoms with Crippen LogP contribution in [-0.4, -0.2) is 12.5 Å². The smallest absolute Gasteiger partial charge is 0.238 e. The van der Waals surface area contributed by atoms with Crippen LogP contribution < -0.4 is 10.6 Å². The van der Waals surface area contributed by atoms with Gasteiger partial charge in [-0.3, -0.25) is 4.79 Å². The van der Waals surface area contributed by atoms with E-state index in [9.17, 15) is 4.79 Å². The summed E-state index contributed by atoms with van der Waals surface area (Å²) in [5.41, 5.74) is 4.35. The Balaban J connectivity index is 1.82. The van der Waals surface area contributed by atoms with Crippen molar-refractivity contribution in [2.24, 2.45) is 0 Å². The van der Waals surface area contributed by atoms with Gasteiger partial charge in [0.1, 0.15) is 0 Å². The Kier molecular flexibility index (Phi) is 4.91. The summed E-state index contributed by atoms with van der Waals surface area (Å²) in [4.78, 5) is 11.9. The second-order valence-corrected chi connectivity index (χ2v) is 4.88. The largest absolute Gasteiger partial charge is 0.325 e. The zero-order chi connectivity index (χ0) is 14.4. The molecule has 2 aromatic rings. The first-order chi connectivity index (χ1) is 9.66. The molecule has 104 valence electrons. The molecule has 0 aliphatic heterocycles. The molecule has 2 aromatic carbocycles. The number of amides is 1. The van der Waals surface area contributed by atoms with Crippen LogP contribution in [-0.2, 0) is 11.3 Å². The molecule has 0 heterocycles. The van der Waals surface area contributed by atoms with E-state index in [-0.39, 0.29) is 5.91 Å². The van der Waals surface area contributed by atoms with E-state index in [4.69, 9.17) is 0 Å². The van der Waals surface area contributed by atoms with Crippen molar-refractivity contribution in [1.29, 1.82) is 0 Å². The summed E-state index contributed by atoms with van der Waals surface area (Å²) in [6.07, 6.45) is 0. The number of hydrogen-bond donors (Lipinski definition) is 2. The van der Waals surface area contributed by atoms with Crippen LogP contribution in [0, 0.1) is 13.8 Å². The van der Waals surface area contributed by atoms with Crippen LogP contribution in [0.4, 0.5) is 5.69 Å². The van der Waals surface area contributed by atoms with Gasteiger partial charge in [0.15, 0.2) is 0 Å². The minimum atomic E-state index is -0.0189. The van der Waals surface area contributed by atoms with E-state index < -0.39 is 0 Å². The van der Waals surface area contributed by atoms with E-state index in [1.807, 2.05) is 62.4 Å². The lowest BCUT2D eigenvalue weighted by molar-refractivity contribution is -0.115. The van der Waals surface area contributed by atoms with Crippen LogP contribution in [0.2, 0.25) is 0 Å². The van der Waals surface area contributed by atoms with Gasteiger partial charge >= 0.3 is 0 Å². The maximum absolute atomic E-state index is 11.9. The molecule has 0 radical (unpaired) electrons. The predicted molar refractivity (Wildman–Crippen MR) is 82.7 cm³/mol. The van der Waals surface area contributed by atoms with Gasteiger partial charge in [-0.2, -0.15) is 0 Å². The average Bonchev–Trinajstić information content (AvgIpc) is 2.45. The molecule has 0 bridgehead atoms. The van der Waals surface area contributed by atoms with Crippen LogP contribution in [0.5, 0.6) is 0 Å². The molecule has 3 nitrogen and oxygen atoms in total. The molecule has 2 N–H and O–H groups in total. The first-order valence-electron chi connectivity index (χ1n) is 6.77. The lowest BCUT2D eigenvalue weighted by atomic mass is 10.1. The molecule has 0 saturated heterocycles. The van der Waals surface area contributed by atoms with E-state index >= 15 is 0 Å². The molecule has 0 fully saturated rings. The van der Waals surface area contributed by atoms with Crippen molar-refractivity contribution >= 4 is 11.6 Å². The van der Waals surface area contributed by atoms with Gasteiger partial charge in [0.25, 0.3) is 0 Å². The van der Waals surface area contributed by atoms with Gasteiger partial charge in [-0.25, -0.2) is 0 Å². The molecular weight excluding hydrogens is 248 g/mol. The summed E-state index contributed by atoms with van der Waals surface area (Å²) in [6, 6.07) is 16.0. The van der Waals surface area contributed by atoms with E-state index in [2.05, 4.69) is 10.6 Å². The third kappa shape index (κ3) is 3.93. The monoisotopic (exact) mass is 268 g/mol. The van der Waals surface area contributed by atoms with E-state index in [1.165, 1.54) is 11.1 Å². The first-order valence-corrected chi connectivity index (χ1v) is 6.77. The van der Waals surface area contributed by atoms with Gasteiger partial charge in [-0.05, 0) is 36.6 Å². The lowest BCUT2D eigenvalue weighted by Crippen LogP contribution is -2.28. The van der Waals surface area contributed by atoms with Gasteiger partial charge < -0.3 is 10.6 Å². The minimum absolute atomic E-state index is 0.0189. The Hall–Kier alpha value is -2.13. The van der Waals surface area contributed by atoms with Crippen LogP contribution in [0.3, 0.4) is 0 Å². The standard InChI is InChI=1S/C17H20N2O/c1-13-7-6-10-16(14(13)2)19-17(20)12-18-11-15-8-4-3-5-9-15/h3-10,18H,11-12H2,1-2H3,(H,19,20). The highest BCUT2D eigenvalue weighted by atomic mass is 16.1. The molecule has 0 aliphatic rings. The molecule has 0 aromatic heterocycles. The second kappa shape index (κ2) is 6.87. The molecule has 2 rings (SSSR count). The Morgan fingerprint density at radius 3 is 2.50 bits per heavy atom. The van der Waals surface area contributed by atoms with Crippen molar-refractivity contribution in [3.05, 3.63) is 65.2 Å². The molecule has 0 unspecified atom stereocenters. The Bertz CT molecular complexity index is 579.